The van der Waals surface area contributed by atoms with Crippen molar-refractivity contribution in [3.8, 4) is 23.3 Å². The van der Waals surface area contributed by atoms with Crippen molar-refractivity contribution in [3.05, 3.63) is 47.4 Å². The number of nitrogens with one attached hydrogen (secondary N) is 1. The fraction of sp³-hybridized carbons (Fsp3) is 0.458. The fourth-order valence-electron chi connectivity index (χ4n) is 4.11. The summed E-state index contributed by atoms with van der Waals surface area (Å²) in [5, 5.41) is 33.6. The third kappa shape index (κ3) is 6.58. The molecule has 0 saturated heterocycles. The van der Waals surface area contributed by atoms with E-state index in [1.807, 2.05) is 18.2 Å². The number of hydrogen-bond donors (Lipinski definition) is 2. The highest BCUT2D eigenvalue weighted by Crippen LogP contribution is 2.29. The molecule has 4 rings (SSSR count). The Morgan fingerprint density at radius 1 is 1.26 bits per heavy atom. The van der Waals surface area contributed by atoms with Gasteiger partial charge in [0.2, 0.25) is 5.82 Å². The molecular formula is C24H28N8O3. The van der Waals surface area contributed by atoms with Crippen molar-refractivity contribution >= 4 is 5.91 Å². The number of rotatable bonds is 9. The molecule has 0 spiro atoms. The molecule has 2 N–H and O–H groups in total. The van der Waals surface area contributed by atoms with Gasteiger partial charge in [0, 0.05) is 12.5 Å². The summed E-state index contributed by atoms with van der Waals surface area (Å²) >= 11 is 0. The van der Waals surface area contributed by atoms with E-state index >= 15 is 0 Å². The lowest BCUT2D eigenvalue weighted by Gasteiger charge is -2.23. The lowest BCUT2D eigenvalue weighted by Crippen LogP contribution is -2.24. The highest BCUT2D eigenvalue weighted by Gasteiger charge is 2.22. The Morgan fingerprint density at radius 2 is 2.09 bits per heavy atom. The largest absolute Gasteiger partial charge is 0.491 e. The number of nitriles is 1. The van der Waals surface area contributed by atoms with Crippen molar-refractivity contribution in [2.75, 3.05) is 13.2 Å². The van der Waals surface area contributed by atoms with Crippen molar-refractivity contribution in [3.63, 3.8) is 0 Å². The smallest absolute Gasteiger partial charge is 0.270 e. The summed E-state index contributed by atoms with van der Waals surface area (Å²) in [5.74, 6) is 1.62. The van der Waals surface area contributed by atoms with Gasteiger partial charge in [-0.2, -0.15) is 10.1 Å². The van der Waals surface area contributed by atoms with Crippen LogP contribution in [0.1, 0.15) is 47.6 Å². The normalized spacial score (nSPS) is 17.5. The van der Waals surface area contributed by atoms with Gasteiger partial charge in [0.1, 0.15) is 29.6 Å². The van der Waals surface area contributed by atoms with Crippen molar-refractivity contribution in [2.45, 2.75) is 45.7 Å². The number of carbonyl (C=O) groups excluding carboxylic acids is 1. The maximum Gasteiger partial charge on any atom is 0.270 e. The first-order valence-electron chi connectivity index (χ1n) is 11.7. The maximum absolute atomic E-state index is 12.8. The van der Waals surface area contributed by atoms with E-state index in [0.29, 0.717) is 35.6 Å². The minimum Gasteiger partial charge on any atom is -0.491 e. The van der Waals surface area contributed by atoms with Gasteiger partial charge in [-0.3, -0.25) is 4.79 Å². The summed E-state index contributed by atoms with van der Waals surface area (Å²) in [5.41, 5.74) is 1.50. The molecule has 3 aromatic rings. The molecule has 0 aliphatic heterocycles. The number of hydrogen-bond acceptors (Lipinski definition) is 9. The van der Waals surface area contributed by atoms with E-state index in [1.54, 1.807) is 23.9 Å². The van der Waals surface area contributed by atoms with Crippen LogP contribution in [0.4, 0.5) is 0 Å². The first kappa shape index (κ1) is 24.2. The summed E-state index contributed by atoms with van der Waals surface area (Å²) in [6.07, 6.45) is 3.77. The number of amides is 1. The second-order valence-electron chi connectivity index (χ2n) is 8.60. The summed E-state index contributed by atoms with van der Waals surface area (Å²) in [7, 11) is 0. The lowest BCUT2D eigenvalue weighted by atomic mass is 9.83. The monoisotopic (exact) mass is 476 g/mol. The minimum absolute atomic E-state index is 0.0671. The molecule has 11 heteroatoms. The number of benzene rings is 1. The molecule has 0 bridgehead atoms. The second-order valence-corrected chi connectivity index (χ2v) is 8.60. The Labute approximate surface area is 203 Å². The number of nitrogens with zero attached hydrogens (tertiary/aromatic N) is 7. The number of aryl methyl sites for hydroxylation is 1. The maximum atomic E-state index is 12.8. The molecule has 1 aliphatic rings. The average Bonchev–Trinajstić information content (AvgIpc) is 3.35. The predicted octanol–water partition coefficient (Wildman–Crippen LogP) is 2.07. The molecule has 0 atom stereocenters. The van der Waals surface area contributed by atoms with Crippen LogP contribution in [0.25, 0.3) is 11.5 Å². The van der Waals surface area contributed by atoms with Crippen LogP contribution >= 0.6 is 0 Å². The van der Waals surface area contributed by atoms with Gasteiger partial charge >= 0.3 is 0 Å². The molecule has 11 nitrogen and oxygen atoms in total. The van der Waals surface area contributed by atoms with Gasteiger partial charge in [-0.1, -0.05) is 12.1 Å². The minimum atomic E-state index is -0.347. The summed E-state index contributed by atoms with van der Waals surface area (Å²) < 4.78 is 5.41. The molecule has 1 saturated carbocycles. The molecule has 182 valence electrons. The van der Waals surface area contributed by atoms with Crippen LogP contribution in [0.3, 0.4) is 0 Å². The molecule has 1 aromatic carbocycles. The Hall–Kier alpha value is -3.91. The van der Waals surface area contributed by atoms with E-state index in [0.717, 1.165) is 31.2 Å². The molecular weight excluding hydrogens is 448 g/mol. The zero-order valence-corrected chi connectivity index (χ0v) is 19.6. The highest BCUT2D eigenvalue weighted by molar-refractivity contribution is 5.93. The van der Waals surface area contributed by atoms with Gasteiger partial charge in [-0.05, 0) is 67.5 Å². The third-order valence-corrected chi connectivity index (χ3v) is 5.91. The zero-order chi connectivity index (χ0) is 24.6. The van der Waals surface area contributed by atoms with Crippen molar-refractivity contribution < 1.29 is 14.6 Å². The van der Waals surface area contributed by atoms with Crippen LogP contribution in [0, 0.1) is 30.1 Å². The SMILES string of the molecule is Cc1nc(C(=O)NCc2cccc(OCCO)c2)cc(-c2nnn(CC3CCC(C#N)CC3)n2)n1. The Balaban J connectivity index is 1.39. The molecule has 35 heavy (non-hydrogen) atoms. The van der Waals surface area contributed by atoms with Gasteiger partial charge in [0.15, 0.2) is 0 Å². The quantitative estimate of drug-likeness (QED) is 0.473. The van der Waals surface area contributed by atoms with Gasteiger partial charge in [-0.25, -0.2) is 9.97 Å². The van der Waals surface area contributed by atoms with Gasteiger partial charge in [0.05, 0.1) is 19.2 Å². The molecule has 1 aliphatic carbocycles. The van der Waals surface area contributed by atoms with Crippen LogP contribution in [-0.4, -0.2) is 54.4 Å². The fourth-order valence-corrected chi connectivity index (χ4v) is 4.11. The average molecular weight is 477 g/mol. The summed E-state index contributed by atoms with van der Waals surface area (Å²) in [4.78, 5) is 23.0. The number of aromatic nitrogens is 6. The van der Waals surface area contributed by atoms with Crippen molar-refractivity contribution in [1.82, 2.24) is 35.5 Å². The van der Waals surface area contributed by atoms with E-state index in [-0.39, 0.29) is 37.3 Å². The van der Waals surface area contributed by atoms with Crippen LogP contribution in [-0.2, 0) is 13.1 Å². The molecule has 1 amide bonds. The number of aliphatic hydroxyl groups is 1. The number of aliphatic hydroxyl groups excluding tert-OH is 1. The molecule has 0 unspecified atom stereocenters. The van der Waals surface area contributed by atoms with Crippen LogP contribution in [0.15, 0.2) is 30.3 Å². The van der Waals surface area contributed by atoms with E-state index in [2.05, 4.69) is 36.8 Å². The number of tetrazole rings is 1. The van der Waals surface area contributed by atoms with E-state index in [4.69, 9.17) is 15.1 Å². The van der Waals surface area contributed by atoms with Gasteiger partial charge in [-0.15, -0.1) is 10.2 Å². The van der Waals surface area contributed by atoms with E-state index in [1.165, 1.54) is 0 Å². The third-order valence-electron chi connectivity index (χ3n) is 5.91. The predicted molar refractivity (Wildman–Crippen MR) is 125 cm³/mol. The van der Waals surface area contributed by atoms with Gasteiger partial charge < -0.3 is 15.2 Å². The topological polar surface area (TPSA) is 152 Å². The summed E-state index contributed by atoms with van der Waals surface area (Å²) in [6, 6.07) is 11.2. The second kappa shape index (κ2) is 11.5. The number of ether oxygens (including phenoxy) is 1. The first-order valence-corrected chi connectivity index (χ1v) is 11.7. The molecule has 1 fully saturated rings. The van der Waals surface area contributed by atoms with Crippen LogP contribution in [0.5, 0.6) is 5.75 Å². The molecule has 0 radical (unpaired) electrons. The standard InChI is InChI=1S/C24H28N8O3/c1-16-27-21(23-29-31-32(30-23)15-18-7-5-17(13-25)6-8-18)12-22(28-16)24(34)26-14-19-3-2-4-20(11-19)35-10-9-33/h2-4,11-12,17-18,33H,5-10,14-15H2,1H3,(H,26,34). The van der Waals surface area contributed by atoms with E-state index in [9.17, 15) is 4.79 Å². The molecule has 2 heterocycles. The lowest BCUT2D eigenvalue weighted by molar-refractivity contribution is 0.0945. The Kier molecular flexibility index (Phi) is 7.95. The van der Waals surface area contributed by atoms with Gasteiger partial charge in [0.25, 0.3) is 5.91 Å². The van der Waals surface area contributed by atoms with Crippen molar-refractivity contribution in [2.24, 2.45) is 11.8 Å². The Bertz CT molecular complexity index is 1200. The first-order chi connectivity index (χ1) is 17.0. The molecule has 2 aromatic heterocycles. The summed E-state index contributed by atoms with van der Waals surface area (Å²) in [6.45, 7) is 2.78. The van der Waals surface area contributed by atoms with E-state index < -0.39 is 0 Å². The van der Waals surface area contributed by atoms with Crippen molar-refractivity contribution in [1.29, 1.82) is 5.26 Å². The number of carbonyl (C=O) groups is 1. The highest BCUT2D eigenvalue weighted by atomic mass is 16.5. The van der Waals surface area contributed by atoms with Crippen LogP contribution < -0.4 is 10.1 Å². The van der Waals surface area contributed by atoms with Crippen LogP contribution in [0.2, 0.25) is 0 Å². The zero-order valence-electron chi connectivity index (χ0n) is 19.6. The Morgan fingerprint density at radius 3 is 2.86 bits per heavy atom.